The van der Waals surface area contributed by atoms with Crippen LogP contribution in [0, 0.1) is 12.8 Å². The van der Waals surface area contributed by atoms with Crippen molar-refractivity contribution in [3.8, 4) is 5.75 Å². The van der Waals surface area contributed by atoms with Gasteiger partial charge in [0.2, 0.25) is 0 Å². The SMILES string of the molecule is CCCNC(=NCc1ccc(C)cc1OCC1CC1)NCC. The number of guanidine groups is 1. The molecule has 2 rings (SSSR count). The smallest absolute Gasteiger partial charge is 0.191 e. The zero-order valence-corrected chi connectivity index (χ0v) is 14.1. The fraction of sp³-hybridized carbons (Fsp3) is 0.611. The standard InChI is InChI=1S/C18H29N3O/c1-4-10-20-18(19-5-2)21-12-16-9-6-14(3)11-17(16)22-13-15-7-8-15/h6,9,11,15H,4-5,7-8,10,12-13H2,1-3H3,(H2,19,20,21). The van der Waals surface area contributed by atoms with E-state index < -0.39 is 0 Å². The second-order valence-corrected chi connectivity index (χ2v) is 5.99. The number of aliphatic imine (C=N–C) groups is 1. The van der Waals surface area contributed by atoms with Gasteiger partial charge in [0.25, 0.3) is 0 Å². The molecule has 0 spiro atoms. The van der Waals surface area contributed by atoms with Gasteiger partial charge < -0.3 is 15.4 Å². The first-order chi connectivity index (χ1) is 10.7. The second kappa shape index (κ2) is 8.66. The Kier molecular flexibility index (Phi) is 6.56. The van der Waals surface area contributed by atoms with Crippen LogP contribution < -0.4 is 15.4 Å². The van der Waals surface area contributed by atoms with Gasteiger partial charge in [0.05, 0.1) is 13.2 Å². The highest BCUT2D eigenvalue weighted by atomic mass is 16.5. The molecule has 22 heavy (non-hydrogen) atoms. The molecular formula is C18H29N3O. The van der Waals surface area contributed by atoms with Crippen molar-refractivity contribution in [1.29, 1.82) is 0 Å². The summed E-state index contributed by atoms with van der Waals surface area (Å²) in [6, 6.07) is 6.38. The van der Waals surface area contributed by atoms with E-state index in [-0.39, 0.29) is 0 Å². The Morgan fingerprint density at radius 2 is 2.09 bits per heavy atom. The number of nitrogens with zero attached hydrogens (tertiary/aromatic N) is 1. The predicted molar refractivity (Wildman–Crippen MR) is 92.5 cm³/mol. The molecule has 0 aliphatic heterocycles. The molecule has 0 heterocycles. The van der Waals surface area contributed by atoms with Gasteiger partial charge in [-0.25, -0.2) is 4.99 Å². The van der Waals surface area contributed by atoms with Gasteiger partial charge in [-0.3, -0.25) is 0 Å². The zero-order valence-electron chi connectivity index (χ0n) is 14.1. The topological polar surface area (TPSA) is 45.7 Å². The van der Waals surface area contributed by atoms with Crippen molar-refractivity contribution in [2.24, 2.45) is 10.9 Å². The molecule has 0 unspecified atom stereocenters. The van der Waals surface area contributed by atoms with E-state index in [9.17, 15) is 0 Å². The van der Waals surface area contributed by atoms with Crippen molar-refractivity contribution in [2.45, 2.75) is 46.6 Å². The first-order valence-electron chi connectivity index (χ1n) is 8.47. The number of aryl methyl sites for hydroxylation is 1. The number of nitrogens with one attached hydrogen (secondary N) is 2. The van der Waals surface area contributed by atoms with Gasteiger partial charge in [-0.2, -0.15) is 0 Å². The normalized spacial score (nSPS) is 14.8. The molecule has 0 aromatic heterocycles. The van der Waals surface area contributed by atoms with Crippen LogP contribution in [-0.4, -0.2) is 25.7 Å². The Labute approximate surface area is 134 Å². The van der Waals surface area contributed by atoms with E-state index in [1.807, 2.05) is 0 Å². The molecule has 2 N–H and O–H groups in total. The Bertz CT molecular complexity index is 495. The quantitative estimate of drug-likeness (QED) is 0.572. The predicted octanol–water partition coefficient (Wildman–Crippen LogP) is 3.25. The fourth-order valence-electron chi connectivity index (χ4n) is 2.17. The Morgan fingerprint density at radius 1 is 1.27 bits per heavy atom. The summed E-state index contributed by atoms with van der Waals surface area (Å²) in [5.74, 6) is 2.63. The molecule has 1 saturated carbocycles. The third-order valence-electron chi connectivity index (χ3n) is 3.69. The summed E-state index contributed by atoms with van der Waals surface area (Å²) in [6.07, 6.45) is 3.71. The van der Waals surface area contributed by atoms with Crippen LogP contribution in [-0.2, 0) is 6.54 Å². The fourth-order valence-corrected chi connectivity index (χ4v) is 2.17. The van der Waals surface area contributed by atoms with Gasteiger partial charge in [-0.1, -0.05) is 19.1 Å². The van der Waals surface area contributed by atoms with E-state index in [2.05, 4.69) is 54.6 Å². The molecule has 0 bridgehead atoms. The number of hydrogen-bond donors (Lipinski definition) is 2. The van der Waals surface area contributed by atoms with Gasteiger partial charge in [0.1, 0.15) is 5.75 Å². The van der Waals surface area contributed by atoms with Gasteiger partial charge in [-0.15, -0.1) is 0 Å². The molecule has 1 aromatic carbocycles. The molecule has 1 aliphatic rings. The largest absolute Gasteiger partial charge is 0.493 e. The van der Waals surface area contributed by atoms with Crippen LogP contribution in [0.15, 0.2) is 23.2 Å². The third-order valence-corrected chi connectivity index (χ3v) is 3.69. The molecule has 1 aliphatic carbocycles. The van der Waals surface area contributed by atoms with Crippen molar-refractivity contribution in [2.75, 3.05) is 19.7 Å². The molecule has 4 nitrogen and oxygen atoms in total. The van der Waals surface area contributed by atoms with Crippen LogP contribution in [0.1, 0.15) is 44.2 Å². The highest BCUT2D eigenvalue weighted by Crippen LogP contribution is 2.30. The highest BCUT2D eigenvalue weighted by molar-refractivity contribution is 5.79. The lowest BCUT2D eigenvalue weighted by Gasteiger charge is -2.13. The lowest BCUT2D eigenvalue weighted by Crippen LogP contribution is -2.37. The summed E-state index contributed by atoms with van der Waals surface area (Å²) in [5.41, 5.74) is 2.38. The van der Waals surface area contributed by atoms with Crippen LogP contribution >= 0.6 is 0 Å². The van der Waals surface area contributed by atoms with Crippen LogP contribution in [0.25, 0.3) is 0 Å². The molecule has 0 radical (unpaired) electrons. The third kappa shape index (κ3) is 5.58. The van der Waals surface area contributed by atoms with Crippen LogP contribution in [0.4, 0.5) is 0 Å². The molecular weight excluding hydrogens is 274 g/mol. The van der Waals surface area contributed by atoms with Crippen molar-refractivity contribution in [3.63, 3.8) is 0 Å². The maximum absolute atomic E-state index is 6.01. The maximum Gasteiger partial charge on any atom is 0.191 e. The molecule has 1 aromatic rings. The average molecular weight is 303 g/mol. The minimum atomic E-state index is 0.638. The number of benzene rings is 1. The first-order valence-corrected chi connectivity index (χ1v) is 8.47. The molecule has 0 atom stereocenters. The summed E-state index contributed by atoms with van der Waals surface area (Å²) in [5, 5.41) is 6.61. The molecule has 122 valence electrons. The van der Waals surface area contributed by atoms with E-state index in [1.165, 1.54) is 18.4 Å². The average Bonchev–Trinajstić information content (AvgIpc) is 3.33. The Hall–Kier alpha value is -1.71. The summed E-state index contributed by atoms with van der Waals surface area (Å²) in [7, 11) is 0. The van der Waals surface area contributed by atoms with E-state index in [4.69, 9.17) is 4.74 Å². The lowest BCUT2D eigenvalue weighted by atomic mass is 10.1. The van der Waals surface area contributed by atoms with Crippen LogP contribution in [0.2, 0.25) is 0 Å². The van der Waals surface area contributed by atoms with E-state index in [0.717, 1.165) is 49.3 Å². The summed E-state index contributed by atoms with van der Waals surface area (Å²) in [4.78, 5) is 4.67. The first kappa shape index (κ1) is 16.7. The highest BCUT2D eigenvalue weighted by Gasteiger charge is 2.22. The monoisotopic (exact) mass is 303 g/mol. The van der Waals surface area contributed by atoms with Crippen molar-refractivity contribution >= 4 is 5.96 Å². The van der Waals surface area contributed by atoms with E-state index >= 15 is 0 Å². The van der Waals surface area contributed by atoms with Crippen molar-refractivity contribution < 1.29 is 4.74 Å². The van der Waals surface area contributed by atoms with Crippen molar-refractivity contribution in [3.05, 3.63) is 29.3 Å². The zero-order chi connectivity index (χ0) is 15.8. The van der Waals surface area contributed by atoms with Crippen LogP contribution in [0.5, 0.6) is 5.75 Å². The van der Waals surface area contributed by atoms with Gasteiger partial charge in [0.15, 0.2) is 5.96 Å². The molecule has 0 saturated heterocycles. The Balaban J connectivity index is 2.01. The van der Waals surface area contributed by atoms with Crippen LogP contribution in [0.3, 0.4) is 0 Å². The van der Waals surface area contributed by atoms with Crippen molar-refractivity contribution in [1.82, 2.24) is 10.6 Å². The summed E-state index contributed by atoms with van der Waals surface area (Å²) >= 11 is 0. The van der Waals surface area contributed by atoms with Gasteiger partial charge in [-0.05, 0) is 50.7 Å². The van der Waals surface area contributed by atoms with Gasteiger partial charge >= 0.3 is 0 Å². The Morgan fingerprint density at radius 3 is 2.77 bits per heavy atom. The molecule has 0 amide bonds. The van der Waals surface area contributed by atoms with E-state index in [1.54, 1.807) is 0 Å². The minimum absolute atomic E-state index is 0.638. The maximum atomic E-state index is 6.01. The van der Waals surface area contributed by atoms with E-state index in [0.29, 0.717) is 6.54 Å². The number of rotatable bonds is 8. The lowest BCUT2D eigenvalue weighted by molar-refractivity contribution is 0.296. The second-order valence-electron chi connectivity index (χ2n) is 5.99. The minimum Gasteiger partial charge on any atom is -0.493 e. The molecule has 1 fully saturated rings. The number of ether oxygens (including phenoxy) is 1. The number of hydrogen-bond acceptors (Lipinski definition) is 2. The summed E-state index contributed by atoms with van der Waals surface area (Å²) in [6.45, 7) is 9.62. The van der Waals surface area contributed by atoms with Gasteiger partial charge in [0, 0.05) is 18.7 Å². The summed E-state index contributed by atoms with van der Waals surface area (Å²) < 4.78 is 6.01. The molecule has 4 heteroatoms.